The summed E-state index contributed by atoms with van der Waals surface area (Å²) < 4.78 is 0. The Morgan fingerprint density at radius 1 is 0.863 bits per heavy atom. The first-order valence-electron chi connectivity index (χ1n) is 23.5. The highest BCUT2D eigenvalue weighted by Gasteiger charge is 2.48. The Balaban J connectivity index is 1.35. The van der Waals surface area contributed by atoms with E-state index < -0.39 is 119 Å². The largest absolute Gasteiger partial charge is 0.508 e. The van der Waals surface area contributed by atoms with Crippen LogP contribution in [-0.2, 0) is 62.4 Å². The molecule has 2 saturated heterocycles. The zero-order valence-corrected chi connectivity index (χ0v) is 41.0. The summed E-state index contributed by atoms with van der Waals surface area (Å²) in [5.74, 6) is -8.77. The van der Waals surface area contributed by atoms with Gasteiger partial charge in [0.2, 0.25) is 41.4 Å². The van der Waals surface area contributed by atoms with Crippen molar-refractivity contribution in [3.05, 3.63) is 83.9 Å². The second-order valence-electron chi connectivity index (χ2n) is 18.0. The number of guanidine groups is 1. The van der Waals surface area contributed by atoms with E-state index in [1.807, 2.05) is 0 Å². The van der Waals surface area contributed by atoms with Crippen molar-refractivity contribution in [3.63, 3.8) is 0 Å². The van der Waals surface area contributed by atoms with Crippen LogP contribution in [0.1, 0.15) is 62.8 Å². The molecule has 16 N–H and O–H groups in total. The summed E-state index contributed by atoms with van der Waals surface area (Å²) in [5.41, 5.74) is 18.2. The van der Waals surface area contributed by atoms with E-state index in [0.717, 1.165) is 0 Å². The molecule has 0 radical (unpaired) electrons. The molecule has 2 aliphatic rings. The van der Waals surface area contributed by atoms with E-state index in [9.17, 15) is 53.4 Å². The molecule has 26 heteroatoms. The topological polar surface area (TPSA) is 409 Å². The van der Waals surface area contributed by atoms with Gasteiger partial charge in [0.05, 0.1) is 24.2 Å². The number of imidazole rings is 1. The van der Waals surface area contributed by atoms with Crippen LogP contribution >= 0.6 is 11.8 Å². The third-order valence-electron chi connectivity index (χ3n) is 12.0. The number of nitrogens with one attached hydrogen (secondary N) is 7. The standard InChI is InChI=1S/C47H63N13O12S/c1-24(2)38(59-41(66)30(9-6-15-52-47(49)50)54-39(64)29(48)20-37(62)63)44(69)56-32(17-26-10-12-28(61)13-11-26)42(67)57-33-21-36-60(45(33)70)35(19-27-22-51-23-53-27)43(68)55-31(14-16-73-36)40(65)58-34(46(71)72)18-25-7-4-3-5-8-25/h3-5,7-8,10-13,22-24,29-36,38,61H,6,9,14-21,48H2,1-2H3,(H,51,53)(H,54,64)(H,55,68)(H,56,69)(H,57,67)(H,58,65)(H,59,66)(H,62,63)(H,71,72)(H4,49,50,52)/t29-,30-,31-,32-,33-,34-,35-,36+,38-/m0/s1. The summed E-state index contributed by atoms with van der Waals surface area (Å²) in [6, 6.07) is 4.06. The van der Waals surface area contributed by atoms with Crippen molar-refractivity contribution in [1.82, 2.24) is 46.8 Å². The molecule has 73 heavy (non-hydrogen) atoms. The summed E-state index contributed by atoms with van der Waals surface area (Å²) in [6.07, 6.45) is 2.06. The Hall–Kier alpha value is -7.74. The number of carbonyl (C=O) groups is 9. The lowest BCUT2D eigenvalue weighted by molar-refractivity contribution is -0.143. The third-order valence-corrected chi connectivity index (χ3v) is 13.3. The Bertz CT molecular complexity index is 2460. The molecule has 9 atom stereocenters. The van der Waals surface area contributed by atoms with Gasteiger partial charge in [0.15, 0.2) is 5.96 Å². The number of phenolic OH excluding ortho intramolecular Hbond substituents is 1. The van der Waals surface area contributed by atoms with E-state index in [4.69, 9.17) is 22.3 Å². The zero-order chi connectivity index (χ0) is 53.4. The van der Waals surface area contributed by atoms with Crippen LogP contribution in [0.25, 0.3) is 0 Å². The number of carboxylic acid groups (broad SMARTS) is 2. The van der Waals surface area contributed by atoms with E-state index in [1.165, 1.54) is 53.5 Å². The van der Waals surface area contributed by atoms with E-state index >= 15 is 0 Å². The number of benzene rings is 2. The number of hydrogen-bond acceptors (Lipinski definition) is 14. The van der Waals surface area contributed by atoms with Gasteiger partial charge in [0.25, 0.3) is 0 Å². The lowest BCUT2D eigenvalue weighted by atomic mass is 9.99. The van der Waals surface area contributed by atoms with Crippen LogP contribution in [0.5, 0.6) is 5.75 Å². The number of H-pyrrole nitrogens is 1. The number of nitrogens with two attached hydrogens (primary N) is 3. The van der Waals surface area contributed by atoms with Crippen LogP contribution in [0.3, 0.4) is 0 Å². The lowest BCUT2D eigenvalue weighted by Gasteiger charge is -2.31. The molecule has 1 aromatic heterocycles. The summed E-state index contributed by atoms with van der Waals surface area (Å²) in [5, 5.41) is 44.2. The van der Waals surface area contributed by atoms with Crippen LogP contribution in [0.2, 0.25) is 0 Å². The maximum absolute atomic E-state index is 14.6. The molecule has 2 aliphatic heterocycles. The molecule has 2 fully saturated rings. The SMILES string of the molecule is CC(C)[C@H](NC(=O)[C@H](CCCN=C(N)N)NC(=O)[C@@H](N)CC(=O)O)C(=O)N[C@@H](Cc1ccc(O)cc1)C(=O)N[C@H]1C[C@H]2SCC[C@@H](C(=O)N[C@@H](Cc3ccccc3)C(=O)O)NC(=O)[C@H](Cc3cnc[nH]3)N2C1=O. The van der Waals surface area contributed by atoms with Gasteiger partial charge >= 0.3 is 11.9 Å². The second-order valence-corrected chi connectivity index (χ2v) is 19.3. The van der Waals surface area contributed by atoms with Crippen molar-refractivity contribution in [2.75, 3.05) is 12.3 Å². The number of aliphatic carboxylic acids is 2. The van der Waals surface area contributed by atoms with Crippen molar-refractivity contribution in [3.8, 4) is 5.75 Å². The van der Waals surface area contributed by atoms with Gasteiger partial charge in [-0.1, -0.05) is 56.3 Å². The Labute approximate surface area is 424 Å². The average molecular weight is 1030 g/mol. The van der Waals surface area contributed by atoms with Crippen molar-refractivity contribution in [1.29, 1.82) is 0 Å². The minimum absolute atomic E-state index is 0.00596. The number of aliphatic imine (C=N–C) groups is 1. The van der Waals surface area contributed by atoms with E-state index in [-0.39, 0.29) is 69.0 Å². The molecule has 3 heterocycles. The minimum atomic E-state index is -1.51. The van der Waals surface area contributed by atoms with E-state index in [0.29, 0.717) is 16.8 Å². The van der Waals surface area contributed by atoms with Crippen LogP contribution in [0.4, 0.5) is 0 Å². The first kappa shape index (κ1) is 56.2. The van der Waals surface area contributed by atoms with Crippen molar-refractivity contribution in [2.45, 2.75) is 119 Å². The Kier molecular flexibility index (Phi) is 20.5. The molecule has 0 aliphatic carbocycles. The van der Waals surface area contributed by atoms with Gasteiger partial charge in [-0.05, 0) is 54.2 Å². The van der Waals surface area contributed by atoms with Crippen LogP contribution in [0.15, 0.2) is 72.1 Å². The minimum Gasteiger partial charge on any atom is -0.508 e. The molecule has 25 nitrogen and oxygen atoms in total. The number of amides is 7. The lowest BCUT2D eigenvalue weighted by Crippen LogP contribution is -2.60. The highest BCUT2D eigenvalue weighted by molar-refractivity contribution is 7.99. The van der Waals surface area contributed by atoms with Gasteiger partial charge in [-0.3, -0.25) is 43.3 Å². The molecular formula is C47H63N13O12S. The van der Waals surface area contributed by atoms with Crippen molar-refractivity contribution in [2.24, 2.45) is 28.1 Å². The van der Waals surface area contributed by atoms with Crippen LogP contribution < -0.4 is 49.1 Å². The Morgan fingerprint density at radius 2 is 1.53 bits per heavy atom. The summed E-state index contributed by atoms with van der Waals surface area (Å²) in [7, 11) is 0. The molecule has 394 valence electrons. The zero-order valence-electron chi connectivity index (χ0n) is 40.2. The van der Waals surface area contributed by atoms with Gasteiger partial charge < -0.3 is 74.3 Å². The fraction of sp³-hybridized carbons (Fsp3) is 0.468. The number of carbonyl (C=O) groups excluding carboxylic acids is 7. The van der Waals surface area contributed by atoms with E-state index in [1.54, 1.807) is 44.2 Å². The van der Waals surface area contributed by atoms with Crippen LogP contribution in [-0.4, -0.2) is 155 Å². The fourth-order valence-corrected chi connectivity index (χ4v) is 9.58. The first-order valence-corrected chi connectivity index (χ1v) is 24.6. The number of fused-ring (bicyclic) bond motifs is 1. The van der Waals surface area contributed by atoms with Crippen molar-refractivity contribution >= 4 is 71.0 Å². The summed E-state index contributed by atoms with van der Waals surface area (Å²) >= 11 is 1.27. The number of thioether (sulfide) groups is 1. The third kappa shape index (κ3) is 16.7. The second kappa shape index (κ2) is 26.6. The molecule has 7 amide bonds. The van der Waals surface area contributed by atoms with Gasteiger partial charge in [-0.25, -0.2) is 9.78 Å². The molecular weight excluding hydrogens is 971 g/mol. The number of aromatic hydroxyl groups is 1. The maximum atomic E-state index is 14.6. The number of hydrogen-bond donors (Lipinski definition) is 13. The maximum Gasteiger partial charge on any atom is 0.326 e. The summed E-state index contributed by atoms with van der Waals surface area (Å²) in [4.78, 5) is 134. The number of aromatic nitrogens is 2. The summed E-state index contributed by atoms with van der Waals surface area (Å²) in [6.45, 7) is 3.31. The molecule has 0 bridgehead atoms. The number of nitrogens with zero attached hydrogens (tertiary/aromatic N) is 3. The number of rotatable bonds is 24. The van der Waals surface area contributed by atoms with Gasteiger partial charge in [0.1, 0.15) is 48.0 Å². The smallest absolute Gasteiger partial charge is 0.326 e. The molecule has 2 aromatic carbocycles. The molecule has 0 spiro atoms. The average Bonchev–Trinajstić information content (AvgIpc) is 3.97. The quantitative estimate of drug-likeness (QED) is 0.0255. The predicted molar refractivity (Wildman–Crippen MR) is 265 cm³/mol. The predicted octanol–water partition coefficient (Wildman–Crippen LogP) is -2.29. The molecule has 5 rings (SSSR count). The fourth-order valence-electron chi connectivity index (χ4n) is 8.20. The Morgan fingerprint density at radius 3 is 2.16 bits per heavy atom. The number of carboxylic acids is 2. The van der Waals surface area contributed by atoms with Gasteiger partial charge in [-0.2, -0.15) is 0 Å². The van der Waals surface area contributed by atoms with Gasteiger partial charge in [0, 0.05) is 44.1 Å². The van der Waals surface area contributed by atoms with E-state index in [2.05, 4.69) is 46.9 Å². The molecule has 3 aromatic rings. The highest BCUT2D eigenvalue weighted by Crippen LogP contribution is 2.33. The molecule has 0 saturated carbocycles. The number of aromatic amines is 1. The van der Waals surface area contributed by atoms with Crippen LogP contribution in [0, 0.1) is 5.92 Å². The highest BCUT2D eigenvalue weighted by atomic mass is 32.2. The number of phenols is 1. The molecule has 0 unspecified atom stereocenters. The first-order chi connectivity index (χ1) is 34.7. The van der Waals surface area contributed by atoms with Gasteiger partial charge in [-0.15, -0.1) is 11.8 Å². The monoisotopic (exact) mass is 1030 g/mol. The van der Waals surface area contributed by atoms with Crippen molar-refractivity contribution < 1.29 is 58.5 Å². The normalized spacial score (nSPS) is 19.7.